The Morgan fingerprint density at radius 2 is 1.56 bits per heavy atom. The number of para-hydroxylation sites is 2. The van der Waals surface area contributed by atoms with Crippen molar-refractivity contribution in [3.8, 4) is 11.1 Å². The van der Waals surface area contributed by atoms with Crippen LogP contribution in [-0.2, 0) is 6.42 Å². The highest BCUT2D eigenvalue weighted by molar-refractivity contribution is 5.86. The maximum absolute atomic E-state index is 2.59. The summed E-state index contributed by atoms with van der Waals surface area (Å²) in [6.07, 6.45) is 9.49. The van der Waals surface area contributed by atoms with Gasteiger partial charge in [-0.1, -0.05) is 105 Å². The number of benzene rings is 4. The summed E-state index contributed by atoms with van der Waals surface area (Å²) in [4.78, 5) is 2.59. The van der Waals surface area contributed by atoms with E-state index in [9.17, 15) is 0 Å². The monoisotopic (exact) mass is 465 g/mol. The van der Waals surface area contributed by atoms with E-state index in [0.29, 0.717) is 17.9 Å². The molecule has 3 aliphatic rings. The van der Waals surface area contributed by atoms with Crippen molar-refractivity contribution < 1.29 is 0 Å². The Balaban J connectivity index is 1.31. The highest BCUT2D eigenvalue weighted by atomic mass is 15.2. The Hall–Kier alpha value is -3.84. The van der Waals surface area contributed by atoms with Crippen molar-refractivity contribution in [3.63, 3.8) is 0 Å². The molecule has 1 heterocycles. The summed E-state index contributed by atoms with van der Waals surface area (Å²) >= 11 is 0. The Labute approximate surface area is 214 Å². The lowest BCUT2D eigenvalue weighted by molar-refractivity contribution is 0.712. The molecule has 1 aliphatic heterocycles. The highest BCUT2D eigenvalue weighted by Gasteiger charge is 2.39. The van der Waals surface area contributed by atoms with Crippen LogP contribution < -0.4 is 4.90 Å². The zero-order chi connectivity index (χ0) is 24.2. The fraction of sp³-hybridized carbons (Fsp3) is 0.200. The van der Waals surface area contributed by atoms with Gasteiger partial charge in [0.2, 0.25) is 0 Å². The third-order valence-electron chi connectivity index (χ3n) is 8.52. The van der Waals surface area contributed by atoms with Crippen molar-refractivity contribution in [2.45, 2.75) is 44.6 Å². The summed E-state index contributed by atoms with van der Waals surface area (Å²) in [6, 6.07) is 34.2. The quantitative estimate of drug-likeness (QED) is 0.256. The topological polar surface area (TPSA) is 3.24 Å². The molecule has 0 spiro atoms. The van der Waals surface area contributed by atoms with E-state index in [0.717, 1.165) is 12.8 Å². The van der Waals surface area contributed by atoms with E-state index >= 15 is 0 Å². The molecule has 0 amide bonds. The van der Waals surface area contributed by atoms with Gasteiger partial charge in [0.25, 0.3) is 0 Å². The van der Waals surface area contributed by atoms with Crippen molar-refractivity contribution in [2.75, 3.05) is 4.90 Å². The Morgan fingerprint density at radius 1 is 0.806 bits per heavy atom. The predicted octanol–water partition coefficient (Wildman–Crippen LogP) is 9.03. The van der Waals surface area contributed by atoms with Crippen LogP contribution in [0.2, 0.25) is 0 Å². The molecule has 36 heavy (non-hydrogen) atoms. The molecule has 3 unspecified atom stereocenters. The van der Waals surface area contributed by atoms with Crippen molar-refractivity contribution in [2.24, 2.45) is 0 Å². The average molecular weight is 466 g/mol. The smallest absolute Gasteiger partial charge is 0.0630 e. The maximum atomic E-state index is 2.59. The lowest BCUT2D eigenvalue weighted by Crippen LogP contribution is -2.30. The lowest BCUT2D eigenvalue weighted by atomic mass is 9.85. The molecule has 0 saturated heterocycles. The van der Waals surface area contributed by atoms with Gasteiger partial charge in [-0.3, -0.25) is 0 Å². The van der Waals surface area contributed by atoms with Crippen molar-refractivity contribution >= 4 is 16.9 Å². The summed E-state index contributed by atoms with van der Waals surface area (Å²) in [5, 5.41) is 0. The molecule has 7 rings (SSSR count). The van der Waals surface area contributed by atoms with Gasteiger partial charge in [0.15, 0.2) is 0 Å². The van der Waals surface area contributed by atoms with E-state index < -0.39 is 0 Å². The van der Waals surface area contributed by atoms with Gasteiger partial charge in [-0.05, 0) is 81.5 Å². The fourth-order valence-corrected chi connectivity index (χ4v) is 6.47. The summed E-state index contributed by atoms with van der Waals surface area (Å²) in [5.74, 6) is 0.868. The zero-order valence-corrected chi connectivity index (χ0v) is 21.0. The number of nitrogens with zero attached hydrogens (tertiary/aromatic N) is 1. The minimum atomic E-state index is 0.298. The Kier molecular flexibility index (Phi) is 4.99. The van der Waals surface area contributed by atoms with E-state index in [-0.39, 0.29) is 0 Å². The second-order valence-corrected chi connectivity index (χ2v) is 10.5. The molecular formula is C35H31N. The van der Waals surface area contributed by atoms with E-state index in [1.165, 1.54) is 55.9 Å². The molecule has 4 aromatic carbocycles. The molecular weight excluding hydrogens is 434 g/mol. The first-order valence-corrected chi connectivity index (χ1v) is 13.3. The third kappa shape index (κ3) is 3.23. The summed E-state index contributed by atoms with van der Waals surface area (Å²) in [5.41, 5.74) is 13.9. The third-order valence-corrected chi connectivity index (χ3v) is 8.52. The molecule has 2 aliphatic carbocycles. The first kappa shape index (κ1) is 21.4. The number of rotatable bonds is 4. The highest BCUT2D eigenvalue weighted by Crippen LogP contribution is 2.51. The molecule has 0 aromatic heterocycles. The molecule has 3 atom stereocenters. The van der Waals surface area contributed by atoms with Gasteiger partial charge in [0.05, 0.1) is 6.04 Å². The normalized spacial score (nSPS) is 19.8. The molecule has 1 nitrogen and oxygen atoms in total. The number of anilines is 2. The van der Waals surface area contributed by atoms with Crippen molar-refractivity contribution in [1.82, 2.24) is 0 Å². The molecule has 4 aromatic rings. The van der Waals surface area contributed by atoms with Gasteiger partial charge < -0.3 is 4.90 Å². The van der Waals surface area contributed by atoms with Crippen LogP contribution in [0.1, 0.15) is 59.9 Å². The standard InChI is InChI=1S/C35H31N/c1-3-23(2)28-11-6-8-14-33(28)36-34-15-9-7-13-30(34)32-22-25(18-19-35(32)36)24-16-17-27-20-26-10-4-5-12-29(26)31(27)21-24/h4-19,21-23,32,35H,3,20H2,1-2H3. The van der Waals surface area contributed by atoms with Gasteiger partial charge in [-0.2, -0.15) is 0 Å². The predicted molar refractivity (Wildman–Crippen MR) is 152 cm³/mol. The largest absolute Gasteiger partial charge is 0.333 e. The Bertz CT molecular complexity index is 1540. The van der Waals surface area contributed by atoms with E-state index in [4.69, 9.17) is 0 Å². The fourth-order valence-electron chi connectivity index (χ4n) is 6.47. The molecule has 0 fully saturated rings. The molecule has 0 bridgehead atoms. The molecule has 0 saturated carbocycles. The number of fused-ring (bicyclic) bond motifs is 6. The van der Waals surface area contributed by atoms with Gasteiger partial charge in [0, 0.05) is 17.3 Å². The molecule has 0 radical (unpaired) electrons. The lowest BCUT2D eigenvalue weighted by Gasteiger charge is -2.32. The zero-order valence-electron chi connectivity index (χ0n) is 21.0. The second-order valence-electron chi connectivity index (χ2n) is 10.5. The van der Waals surface area contributed by atoms with Crippen LogP contribution in [0.25, 0.3) is 16.7 Å². The average Bonchev–Trinajstić information content (AvgIpc) is 3.47. The van der Waals surface area contributed by atoms with Crippen LogP contribution in [0.15, 0.2) is 109 Å². The molecule has 176 valence electrons. The van der Waals surface area contributed by atoms with Gasteiger partial charge in [0.1, 0.15) is 0 Å². The Morgan fingerprint density at radius 3 is 2.44 bits per heavy atom. The van der Waals surface area contributed by atoms with Crippen LogP contribution in [0.3, 0.4) is 0 Å². The number of hydrogen-bond acceptors (Lipinski definition) is 1. The van der Waals surface area contributed by atoms with Crippen LogP contribution in [0, 0.1) is 0 Å². The van der Waals surface area contributed by atoms with Crippen LogP contribution in [-0.4, -0.2) is 6.04 Å². The SMILES string of the molecule is CCC(C)c1ccccc1N1c2ccccc2C2C=C(c3ccc4c(c3)-c3ccccc3C4)C=CC21. The van der Waals surface area contributed by atoms with E-state index in [2.05, 4.69) is 128 Å². The van der Waals surface area contributed by atoms with Gasteiger partial charge in [-0.15, -0.1) is 0 Å². The molecule has 0 N–H and O–H groups in total. The molecule has 1 heteroatoms. The summed E-state index contributed by atoms with van der Waals surface area (Å²) in [6.45, 7) is 4.63. The first-order chi connectivity index (χ1) is 17.7. The van der Waals surface area contributed by atoms with Gasteiger partial charge in [-0.25, -0.2) is 0 Å². The van der Waals surface area contributed by atoms with Crippen LogP contribution in [0.4, 0.5) is 11.4 Å². The number of hydrogen-bond donors (Lipinski definition) is 0. The second kappa shape index (κ2) is 8.38. The van der Waals surface area contributed by atoms with Crippen LogP contribution >= 0.6 is 0 Å². The van der Waals surface area contributed by atoms with Crippen LogP contribution in [0.5, 0.6) is 0 Å². The van der Waals surface area contributed by atoms with Gasteiger partial charge >= 0.3 is 0 Å². The van der Waals surface area contributed by atoms with Crippen molar-refractivity contribution in [3.05, 3.63) is 137 Å². The minimum absolute atomic E-state index is 0.298. The van der Waals surface area contributed by atoms with E-state index in [1.807, 2.05) is 0 Å². The summed E-state index contributed by atoms with van der Waals surface area (Å²) < 4.78 is 0. The first-order valence-electron chi connectivity index (χ1n) is 13.3. The number of allylic oxidation sites excluding steroid dienone is 2. The van der Waals surface area contributed by atoms with E-state index in [1.54, 1.807) is 0 Å². The maximum Gasteiger partial charge on any atom is 0.0630 e. The van der Waals surface area contributed by atoms with Crippen molar-refractivity contribution in [1.29, 1.82) is 0 Å². The summed E-state index contributed by atoms with van der Waals surface area (Å²) in [7, 11) is 0. The minimum Gasteiger partial charge on any atom is -0.333 e.